The quantitative estimate of drug-likeness (QED) is 0.403. The molecule has 2 unspecified atom stereocenters. The number of benzene rings is 1. The van der Waals surface area contributed by atoms with Gasteiger partial charge < -0.3 is 31.0 Å². The predicted molar refractivity (Wildman–Crippen MR) is 91.0 cm³/mol. The van der Waals surface area contributed by atoms with E-state index in [1.165, 1.54) is 0 Å². The molecular formula is C16H17F2N5O6. The van der Waals surface area contributed by atoms with Crippen LogP contribution in [0.15, 0.2) is 22.6 Å². The molecule has 0 fully saturated rings. The van der Waals surface area contributed by atoms with Gasteiger partial charge in [-0.3, -0.25) is 4.79 Å². The van der Waals surface area contributed by atoms with E-state index in [-0.39, 0.29) is 11.5 Å². The average molecular weight is 413 g/mol. The number of aromatic nitrogens is 2. The summed E-state index contributed by atoms with van der Waals surface area (Å²) in [7, 11) is 0. The Balaban J connectivity index is 2.24. The van der Waals surface area contributed by atoms with Crippen LogP contribution < -0.4 is 16.4 Å². The number of hydrogen-bond donors (Lipinski definition) is 5. The number of nitrogens with two attached hydrogens (primary N) is 1. The standard InChI is InChI=1S/C16H17F2N5O6/c1-6(24)12(15(26)27)21-16(28)20-10(5-11(19)25)14-23-22-13(29-14)8-4-7(17)2-3-9(8)18/h2-4,6,10,12,24H,5H2,1H3,(H2,19,25)(H,26,27)(H2,20,21,28)/t6?,10-,12?/m0/s1. The van der Waals surface area contributed by atoms with Crippen LogP contribution in [-0.4, -0.2) is 50.5 Å². The number of carboxylic acid groups (broad SMARTS) is 1. The molecule has 0 spiro atoms. The molecule has 0 aliphatic rings. The minimum atomic E-state index is -1.64. The maximum atomic E-state index is 13.9. The predicted octanol–water partition coefficient (Wildman–Crippen LogP) is 0.0645. The van der Waals surface area contributed by atoms with Gasteiger partial charge in [-0.25, -0.2) is 18.4 Å². The molecule has 1 aromatic heterocycles. The molecule has 2 aromatic rings. The van der Waals surface area contributed by atoms with Gasteiger partial charge in [0.15, 0.2) is 6.04 Å². The van der Waals surface area contributed by atoms with Crippen LogP contribution in [0.3, 0.4) is 0 Å². The van der Waals surface area contributed by atoms with Crippen molar-refractivity contribution in [3.63, 3.8) is 0 Å². The van der Waals surface area contributed by atoms with Crippen LogP contribution in [0.5, 0.6) is 0 Å². The lowest BCUT2D eigenvalue weighted by Crippen LogP contribution is -2.52. The lowest BCUT2D eigenvalue weighted by atomic mass is 10.2. The van der Waals surface area contributed by atoms with Crippen LogP contribution in [0.4, 0.5) is 13.6 Å². The highest BCUT2D eigenvalue weighted by molar-refractivity contribution is 5.83. The number of hydrogen-bond acceptors (Lipinski definition) is 7. The molecular weight excluding hydrogens is 396 g/mol. The van der Waals surface area contributed by atoms with Crippen molar-refractivity contribution in [2.45, 2.75) is 31.5 Å². The molecule has 2 rings (SSSR count). The third-order valence-electron chi connectivity index (χ3n) is 3.64. The second-order valence-electron chi connectivity index (χ2n) is 5.97. The van der Waals surface area contributed by atoms with Crippen molar-refractivity contribution in [3.05, 3.63) is 35.7 Å². The Labute approximate surface area is 161 Å². The number of nitrogens with one attached hydrogen (secondary N) is 2. The van der Waals surface area contributed by atoms with E-state index in [0.29, 0.717) is 0 Å². The summed E-state index contributed by atoms with van der Waals surface area (Å²) in [5, 5.41) is 29.7. The van der Waals surface area contributed by atoms with Crippen LogP contribution in [-0.2, 0) is 9.59 Å². The van der Waals surface area contributed by atoms with E-state index in [1.807, 2.05) is 5.32 Å². The number of nitrogens with zero attached hydrogens (tertiary/aromatic N) is 2. The summed E-state index contributed by atoms with van der Waals surface area (Å²) in [4.78, 5) is 34.4. The number of amides is 3. The van der Waals surface area contributed by atoms with Gasteiger partial charge in [0.2, 0.25) is 11.8 Å². The summed E-state index contributed by atoms with van der Waals surface area (Å²) in [6.45, 7) is 1.15. The molecule has 0 aliphatic heterocycles. The summed E-state index contributed by atoms with van der Waals surface area (Å²) in [5.41, 5.74) is 4.78. The zero-order valence-corrected chi connectivity index (χ0v) is 14.9. The molecule has 0 aliphatic carbocycles. The monoisotopic (exact) mass is 413 g/mol. The zero-order valence-electron chi connectivity index (χ0n) is 14.9. The van der Waals surface area contributed by atoms with Gasteiger partial charge in [-0.05, 0) is 25.1 Å². The van der Waals surface area contributed by atoms with Crippen LogP contribution in [0.25, 0.3) is 11.5 Å². The number of aliphatic carboxylic acids is 1. The van der Waals surface area contributed by atoms with Gasteiger partial charge in [0, 0.05) is 0 Å². The van der Waals surface area contributed by atoms with Crippen molar-refractivity contribution < 1.29 is 37.8 Å². The molecule has 1 heterocycles. The summed E-state index contributed by atoms with van der Waals surface area (Å²) in [6, 6.07) is -1.46. The second kappa shape index (κ2) is 9.05. The zero-order chi connectivity index (χ0) is 21.7. The lowest BCUT2D eigenvalue weighted by molar-refractivity contribution is -0.141. The Kier molecular flexibility index (Phi) is 6.77. The number of carbonyl (C=O) groups is 3. The number of carbonyl (C=O) groups excluding carboxylic acids is 2. The number of halogens is 2. The molecule has 0 radical (unpaired) electrons. The fourth-order valence-corrected chi connectivity index (χ4v) is 2.28. The van der Waals surface area contributed by atoms with Crippen molar-refractivity contribution in [3.8, 4) is 11.5 Å². The molecule has 0 saturated heterocycles. The van der Waals surface area contributed by atoms with Crippen LogP contribution in [0.1, 0.15) is 25.3 Å². The number of urea groups is 1. The van der Waals surface area contributed by atoms with Gasteiger partial charge in [0.1, 0.15) is 17.7 Å². The smallest absolute Gasteiger partial charge is 0.328 e. The molecule has 156 valence electrons. The summed E-state index contributed by atoms with van der Waals surface area (Å²) in [6.07, 6.45) is -1.94. The van der Waals surface area contributed by atoms with E-state index < -0.39 is 60.0 Å². The van der Waals surface area contributed by atoms with E-state index in [2.05, 4.69) is 15.5 Å². The third-order valence-corrected chi connectivity index (χ3v) is 3.64. The van der Waals surface area contributed by atoms with Crippen LogP contribution >= 0.6 is 0 Å². The number of primary amides is 1. The molecule has 3 atom stereocenters. The van der Waals surface area contributed by atoms with E-state index in [0.717, 1.165) is 25.1 Å². The van der Waals surface area contributed by atoms with Crippen LogP contribution in [0, 0.1) is 11.6 Å². The van der Waals surface area contributed by atoms with Gasteiger partial charge in [-0.1, -0.05) is 0 Å². The first-order valence-electron chi connectivity index (χ1n) is 8.13. The first-order valence-corrected chi connectivity index (χ1v) is 8.13. The molecule has 3 amide bonds. The van der Waals surface area contributed by atoms with Crippen LogP contribution in [0.2, 0.25) is 0 Å². The third kappa shape index (κ3) is 5.68. The topological polar surface area (TPSA) is 181 Å². The highest BCUT2D eigenvalue weighted by Gasteiger charge is 2.28. The van der Waals surface area contributed by atoms with E-state index in [1.54, 1.807) is 0 Å². The highest BCUT2D eigenvalue weighted by Crippen LogP contribution is 2.25. The second-order valence-corrected chi connectivity index (χ2v) is 5.97. The number of aliphatic hydroxyl groups is 1. The Morgan fingerprint density at radius 3 is 2.52 bits per heavy atom. The van der Waals surface area contributed by atoms with E-state index in [9.17, 15) is 28.3 Å². The van der Waals surface area contributed by atoms with E-state index >= 15 is 0 Å². The molecule has 13 heteroatoms. The summed E-state index contributed by atoms with van der Waals surface area (Å²) >= 11 is 0. The number of carboxylic acids is 1. The molecule has 1 aromatic carbocycles. The molecule has 0 saturated carbocycles. The van der Waals surface area contributed by atoms with E-state index in [4.69, 9.17) is 15.3 Å². The lowest BCUT2D eigenvalue weighted by Gasteiger charge is -2.19. The SMILES string of the molecule is CC(O)C(NC(=O)N[C@@H](CC(N)=O)c1nnc(-c2cc(F)ccc2F)o1)C(=O)O. The Hall–Kier alpha value is -3.61. The normalized spacial score (nSPS) is 13.9. The van der Waals surface area contributed by atoms with Gasteiger partial charge in [-0.2, -0.15) is 0 Å². The maximum absolute atomic E-state index is 13.9. The van der Waals surface area contributed by atoms with Crippen molar-refractivity contribution in [2.75, 3.05) is 0 Å². The van der Waals surface area contributed by atoms with Gasteiger partial charge in [-0.15, -0.1) is 10.2 Å². The number of aliphatic hydroxyl groups excluding tert-OH is 1. The molecule has 0 bridgehead atoms. The fraction of sp³-hybridized carbons (Fsp3) is 0.312. The Bertz CT molecular complexity index is 919. The molecule has 6 N–H and O–H groups in total. The van der Waals surface area contributed by atoms with Gasteiger partial charge in [0.25, 0.3) is 5.89 Å². The minimum absolute atomic E-state index is 0.342. The number of rotatable bonds is 8. The van der Waals surface area contributed by atoms with Crippen molar-refractivity contribution in [2.24, 2.45) is 5.73 Å². The first-order chi connectivity index (χ1) is 13.6. The maximum Gasteiger partial charge on any atom is 0.328 e. The van der Waals surface area contributed by atoms with Crippen molar-refractivity contribution in [1.82, 2.24) is 20.8 Å². The van der Waals surface area contributed by atoms with Gasteiger partial charge in [0.05, 0.1) is 18.1 Å². The Morgan fingerprint density at radius 1 is 1.24 bits per heavy atom. The Morgan fingerprint density at radius 2 is 1.93 bits per heavy atom. The largest absolute Gasteiger partial charge is 0.480 e. The van der Waals surface area contributed by atoms with Crippen molar-refractivity contribution >= 4 is 17.9 Å². The summed E-state index contributed by atoms with van der Waals surface area (Å²) < 4.78 is 32.4. The molecule has 29 heavy (non-hydrogen) atoms. The minimum Gasteiger partial charge on any atom is -0.480 e. The first kappa shape index (κ1) is 21.7. The summed E-state index contributed by atoms with van der Waals surface area (Å²) in [5.74, 6) is -4.76. The molecule has 11 nitrogen and oxygen atoms in total. The average Bonchev–Trinajstić information content (AvgIpc) is 3.10. The highest BCUT2D eigenvalue weighted by atomic mass is 19.1. The van der Waals surface area contributed by atoms with Gasteiger partial charge >= 0.3 is 12.0 Å². The fourth-order valence-electron chi connectivity index (χ4n) is 2.28. The van der Waals surface area contributed by atoms with Crippen molar-refractivity contribution in [1.29, 1.82) is 0 Å².